The van der Waals surface area contributed by atoms with Crippen LogP contribution >= 0.6 is 11.6 Å². The molecule has 2 aromatic heterocycles. The first kappa shape index (κ1) is 14.3. The second-order valence-corrected chi connectivity index (χ2v) is 6.14. The van der Waals surface area contributed by atoms with E-state index in [-0.39, 0.29) is 5.28 Å². The van der Waals surface area contributed by atoms with E-state index >= 15 is 0 Å². The molecule has 7 heteroatoms. The Morgan fingerprint density at radius 1 is 1.17 bits per heavy atom. The third-order valence-electron chi connectivity index (χ3n) is 4.08. The van der Waals surface area contributed by atoms with Crippen molar-refractivity contribution in [2.45, 2.75) is 19.8 Å². The molecule has 1 fully saturated rings. The van der Waals surface area contributed by atoms with Gasteiger partial charge in [-0.3, -0.25) is 5.10 Å². The first-order valence-electron chi connectivity index (χ1n) is 7.70. The number of aromatic amines is 1. The summed E-state index contributed by atoms with van der Waals surface area (Å²) in [6.45, 7) is 4.15. The average Bonchev–Trinajstić information content (AvgIpc) is 3.18. The van der Waals surface area contributed by atoms with Gasteiger partial charge in [-0.25, -0.2) is 4.98 Å². The lowest BCUT2D eigenvalue weighted by Gasteiger charge is -2.18. The number of aromatic nitrogens is 4. The van der Waals surface area contributed by atoms with E-state index in [0.29, 0.717) is 11.6 Å². The first-order valence-corrected chi connectivity index (χ1v) is 8.08. The van der Waals surface area contributed by atoms with Gasteiger partial charge < -0.3 is 10.2 Å². The molecular formula is C16H17ClN6. The zero-order valence-corrected chi connectivity index (χ0v) is 13.6. The van der Waals surface area contributed by atoms with Crippen LogP contribution < -0.4 is 10.2 Å². The van der Waals surface area contributed by atoms with Crippen molar-refractivity contribution in [2.75, 3.05) is 23.3 Å². The van der Waals surface area contributed by atoms with E-state index in [1.807, 2.05) is 19.1 Å². The highest BCUT2D eigenvalue weighted by atomic mass is 35.5. The molecule has 0 amide bonds. The normalized spacial score (nSPS) is 14.6. The molecule has 0 saturated carbocycles. The van der Waals surface area contributed by atoms with Gasteiger partial charge >= 0.3 is 0 Å². The van der Waals surface area contributed by atoms with E-state index in [2.05, 4.69) is 42.5 Å². The van der Waals surface area contributed by atoms with Crippen LogP contribution in [0.4, 0.5) is 17.3 Å². The summed E-state index contributed by atoms with van der Waals surface area (Å²) in [5, 5.41) is 11.4. The van der Waals surface area contributed by atoms with Crippen molar-refractivity contribution < 1.29 is 0 Å². The Bertz CT molecular complexity index is 853. The van der Waals surface area contributed by atoms with E-state index in [9.17, 15) is 0 Å². The Labute approximate surface area is 138 Å². The number of fused-ring (bicyclic) bond motifs is 1. The van der Waals surface area contributed by atoms with Crippen LogP contribution in [0.2, 0.25) is 5.28 Å². The van der Waals surface area contributed by atoms with E-state index in [1.54, 1.807) is 0 Å². The minimum absolute atomic E-state index is 0.228. The van der Waals surface area contributed by atoms with Crippen LogP contribution in [0.3, 0.4) is 0 Å². The molecule has 3 heterocycles. The zero-order valence-electron chi connectivity index (χ0n) is 12.8. The largest absolute Gasteiger partial charge is 0.371 e. The molecule has 6 nitrogen and oxygen atoms in total. The van der Waals surface area contributed by atoms with Crippen LogP contribution in [-0.2, 0) is 0 Å². The number of H-pyrrole nitrogens is 1. The summed E-state index contributed by atoms with van der Waals surface area (Å²) in [5.74, 6) is 1.38. The summed E-state index contributed by atoms with van der Waals surface area (Å²) in [4.78, 5) is 11.1. The second-order valence-electron chi connectivity index (χ2n) is 5.80. The Hall–Kier alpha value is -2.34. The lowest BCUT2D eigenvalue weighted by atomic mass is 10.2. The predicted octanol–water partition coefficient (Wildman–Crippen LogP) is 3.66. The van der Waals surface area contributed by atoms with Crippen LogP contribution in [0, 0.1) is 6.92 Å². The molecule has 2 N–H and O–H groups in total. The number of aryl methyl sites for hydroxylation is 1. The molecule has 0 spiro atoms. The van der Waals surface area contributed by atoms with Gasteiger partial charge in [0, 0.05) is 35.9 Å². The number of halogens is 1. The van der Waals surface area contributed by atoms with Gasteiger partial charge in [0.2, 0.25) is 5.28 Å². The molecule has 3 aromatic rings. The molecule has 1 saturated heterocycles. The molecule has 23 heavy (non-hydrogen) atoms. The number of rotatable bonds is 3. The summed E-state index contributed by atoms with van der Waals surface area (Å²) in [6, 6.07) is 8.16. The average molecular weight is 329 g/mol. The van der Waals surface area contributed by atoms with Gasteiger partial charge in [0.25, 0.3) is 0 Å². The van der Waals surface area contributed by atoms with E-state index in [4.69, 9.17) is 11.6 Å². The highest BCUT2D eigenvalue weighted by Crippen LogP contribution is 2.29. The highest BCUT2D eigenvalue weighted by molar-refractivity contribution is 6.28. The second kappa shape index (κ2) is 5.70. The predicted molar refractivity (Wildman–Crippen MR) is 92.6 cm³/mol. The topological polar surface area (TPSA) is 69.7 Å². The summed E-state index contributed by atoms with van der Waals surface area (Å²) in [6.07, 6.45) is 2.49. The Morgan fingerprint density at radius 3 is 2.74 bits per heavy atom. The van der Waals surface area contributed by atoms with Gasteiger partial charge in [-0.15, -0.1) is 0 Å². The minimum Gasteiger partial charge on any atom is -0.371 e. The van der Waals surface area contributed by atoms with Gasteiger partial charge in [0.1, 0.15) is 5.82 Å². The molecule has 4 rings (SSSR count). The van der Waals surface area contributed by atoms with Crippen molar-refractivity contribution in [1.82, 2.24) is 20.2 Å². The van der Waals surface area contributed by atoms with Crippen LogP contribution in [-0.4, -0.2) is 33.3 Å². The quantitative estimate of drug-likeness (QED) is 0.718. The van der Waals surface area contributed by atoms with E-state index < -0.39 is 0 Å². The Balaban J connectivity index is 1.75. The third-order valence-corrected chi connectivity index (χ3v) is 4.25. The van der Waals surface area contributed by atoms with Gasteiger partial charge in [0.05, 0.1) is 5.52 Å². The van der Waals surface area contributed by atoms with Gasteiger partial charge in [0.15, 0.2) is 5.82 Å². The lowest BCUT2D eigenvalue weighted by molar-refractivity contribution is 0.949. The fraction of sp³-hybridized carbons (Fsp3) is 0.312. The van der Waals surface area contributed by atoms with Gasteiger partial charge in [-0.05, 0) is 49.6 Å². The number of hydrogen-bond donors (Lipinski definition) is 2. The zero-order chi connectivity index (χ0) is 15.8. The van der Waals surface area contributed by atoms with Crippen molar-refractivity contribution in [3.05, 3.63) is 35.2 Å². The molecule has 0 unspecified atom stereocenters. The summed E-state index contributed by atoms with van der Waals surface area (Å²) in [5.41, 5.74) is 3.00. The van der Waals surface area contributed by atoms with E-state index in [1.165, 1.54) is 18.5 Å². The van der Waals surface area contributed by atoms with Crippen LogP contribution in [0.5, 0.6) is 0 Å². The van der Waals surface area contributed by atoms with Crippen LogP contribution in [0.25, 0.3) is 10.9 Å². The molecule has 1 aliphatic heterocycles. The molecule has 1 aromatic carbocycles. The van der Waals surface area contributed by atoms with Crippen molar-refractivity contribution in [3.8, 4) is 0 Å². The van der Waals surface area contributed by atoms with Crippen molar-refractivity contribution >= 4 is 39.8 Å². The Kier molecular flexibility index (Phi) is 3.53. The maximum atomic E-state index is 6.10. The van der Waals surface area contributed by atoms with Gasteiger partial charge in [-0.2, -0.15) is 10.1 Å². The number of nitrogens with zero attached hydrogens (tertiary/aromatic N) is 4. The molecule has 0 radical (unpaired) electrons. The first-order chi connectivity index (χ1) is 11.2. The van der Waals surface area contributed by atoms with E-state index in [0.717, 1.165) is 29.7 Å². The summed E-state index contributed by atoms with van der Waals surface area (Å²) < 4.78 is 0. The summed E-state index contributed by atoms with van der Waals surface area (Å²) in [7, 11) is 0. The summed E-state index contributed by atoms with van der Waals surface area (Å²) >= 11 is 6.10. The van der Waals surface area contributed by atoms with Crippen molar-refractivity contribution in [3.63, 3.8) is 0 Å². The molecule has 1 aliphatic rings. The number of hydrogen-bond acceptors (Lipinski definition) is 5. The maximum Gasteiger partial charge on any atom is 0.224 e. The standard InChI is InChI=1S/C16H17ClN6/c1-10-8-14(22-21-10)19-15-12-5-4-11(23-6-2-3-7-23)9-13(12)18-16(17)20-15/h4-5,8-9H,2-3,6-7H2,1H3,(H2,18,19,20,21,22). The number of benzene rings is 1. The highest BCUT2D eigenvalue weighted by Gasteiger charge is 2.15. The molecule has 0 atom stereocenters. The third kappa shape index (κ3) is 2.82. The monoisotopic (exact) mass is 328 g/mol. The molecule has 118 valence electrons. The molecule has 0 bridgehead atoms. The number of anilines is 3. The van der Waals surface area contributed by atoms with Crippen molar-refractivity contribution in [1.29, 1.82) is 0 Å². The van der Waals surface area contributed by atoms with Crippen LogP contribution in [0.15, 0.2) is 24.3 Å². The fourth-order valence-electron chi connectivity index (χ4n) is 2.96. The Morgan fingerprint density at radius 2 is 2.00 bits per heavy atom. The van der Waals surface area contributed by atoms with Crippen molar-refractivity contribution in [2.24, 2.45) is 0 Å². The lowest BCUT2D eigenvalue weighted by Crippen LogP contribution is -2.17. The SMILES string of the molecule is Cc1cc(Nc2nc(Cl)nc3cc(N4CCCC4)ccc23)n[nH]1. The van der Waals surface area contributed by atoms with Crippen LogP contribution in [0.1, 0.15) is 18.5 Å². The minimum atomic E-state index is 0.228. The number of nitrogens with one attached hydrogen (secondary N) is 2. The molecular weight excluding hydrogens is 312 g/mol. The van der Waals surface area contributed by atoms with Gasteiger partial charge in [-0.1, -0.05) is 0 Å². The fourth-order valence-corrected chi connectivity index (χ4v) is 3.14. The maximum absolute atomic E-state index is 6.10. The smallest absolute Gasteiger partial charge is 0.224 e. The molecule has 0 aliphatic carbocycles.